The molecule has 0 bridgehead atoms. The number of carbonyl (C=O) groups is 2. The van der Waals surface area contributed by atoms with Crippen LogP contribution in [0, 0.1) is 3.57 Å². The molecule has 0 atom stereocenters. The lowest BCUT2D eigenvalue weighted by molar-refractivity contribution is -0.126. The topological polar surface area (TPSA) is 89.0 Å². The van der Waals surface area contributed by atoms with Gasteiger partial charge in [0.2, 0.25) is 11.8 Å². The van der Waals surface area contributed by atoms with Crippen LogP contribution in [0.2, 0.25) is 5.02 Å². The highest BCUT2D eigenvalue weighted by Gasteiger charge is 2.12. The number of hydrogen-bond donors (Lipinski definition) is 2. The lowest BCUT2D eigenvalue weighted by Crippen LogP contribution is -2.24. The maximum Gasteiger partial charge on any atom is 0.249 e. The van der Waals surface area contributed by atoms with E-state index in [0.717, 1.165) is 9.13 Å². The number of halogens is 2. The van der Waals surface area contributed by atoms with Gasteiger partial charge in [0, 0.05) is 0 Å². The van der Waals surface area contributed by atoms with E-state index in [1.165, 1.54) is 6.21 Å². The van der Waals surface area contributed by atoms with Gasteiger partial charge < -0.3 is 14.8 Å². The normalized spacial score (nSPS) is 10.6. The molecule has 0 aliphatic carbocycles. The van der Waals surface area contributed by atoms with Crippen molar-refractivity contribution in [1.82, 2.24) is 5.43 Å². The SMILES string of the molecule is CCOc1cc(C=NNC(=O)CC(=O)Nc2ccccc2Cl)cc(I)c1OCC. The van der Waals surface area contributed by atoms with Gasteiger partial charge in [-0.1, -0.05) is 23.7 Å². The van der Waals surface area contributed by atoms with Crippen molar-refractivity contribution in [2.24, 2.45) is 5.10 Å². The van der Waals surface area contributed by atoms with Crippen LogP contribution in [0.4, 0.5) is 5.69 Å². The number of anilines is 1. The molecule has 9 heteroatoms. The van der Waals surface area contributed by atoms with E-state index in [9.17, 15) is 9.59 Å². The second-order valence-corrected chi connectivity index (χ2v) is 7.26. The second-order valence-electron chi connectivity index (χ2n) is 5.69. The largest absolute Gasteiger partial charge is 0.490 e. The molecule has 2 aromatic carbocycles. The number of rotatable bonds is 9. The summed E-state index contributed by atoms with van der Waals surface area (Å²) in [4.78, 5) is 23.9. The highest BCUT2D eigenvalue weighted by Crippen LogP contribution is 2.33. The number of amides is 2. The van der Waals surface area contributed by atoms with Crippen molar-refractivity contribution in [3.63, 3.8) is 0 Å². The summed E-state index contributed by atoms with van der Waals surface area (Å²) >= 11 is 8.13. The van der Waals surface area contributed by atoms with E-state index in [1.54, 1.807) is 30.3 Å². The fourth-order valence-electron chi connectivity index (χ4n) is 2.33. The minimum atomic E-state index is -0.545. The third-order valence-corrected chi connectivity index (χ3v) is 4.62. The zero-order valence-corrected chi connectivity index (χ0v) is 18.9. The lowest BCUT2D eigenvalue weighted by atomic mass is 10.2. The second kappa shape index (κ2) is 11.6. The zero-order valence-electron chi connectivity index (χ0n) is 16.0. The fourth-order valence-corrected chi connectivity index (χ4v) is 3.30. The Bertz CT molecular complexity index is 905. The quantitative estimate of drug-likeness (QED) is 0.220. The molecule has 0 aliphatic rings. The Labute approximate surface area is 187 Å². The van der Waals surface area contributed by atoms with Crippen molar-refractivity contribution in [3.8, 4) is 11.5 Å². The van der Waals surface area contributed by atoms with Crippen molar-refractivity contribution in [2.75, 3.05) is 18.5 Å². The number of nitrogens with zero attached hydrogens (tertiary/aromatic N) is 1. The summed E-state index contributed by atoms with van der Waals surface area (Å²) in [5.41, 5.74) is 3.51. The summed E-state index contributed by atoms with van der Waals surface area (Å²) in [5.74, 6) is 0.247. The highest BCUT2D eigenvalue weighted by molar-refractivity contribution is 14.1. The molecule has 0 aliphatic heterocycles. The van der Waals surface area contributed by atoms with Gasteiger partial charge in [-0.2, -0.15) is 5.10 Å². The van der Waals surface area contributed by atoms with Crippen molar-refractivity contribution >= 4 is 57.9 Å². The molecule has 0 fully saturated rings. The molecule has 29 heavy (non-hydrogen) atoms. The van der Waals surface area contributed by atoms with Gasteiger partial charge in [0.1, 0.15) is 6.42 Å². The Morgan fingerprint density at radius 3 is 2.55 bits per heavy atom. The third kappa shape index (κ3) is 7.21. The average Bonchev–Trinajstić information content (AvgIpc) is 2.66. The minimum Gasteiger partial charge on any atom is -0.490 e. The molecule has 0 saturated heterocycles. The summed E-state index contributed by atoms with van der Waals surface area (Å²) < 4.78 is 12.1. The van der Waals surface area contributed by atoms with Gasteiger partial charge in [0.25, 0.3) is 0 Å². The van der Waals surface area contributed by atoms with Crippen LogP contribution in [0.25, 0.3) is 0 Å². The number of nitrogens with one attached hydrogen (secondary N) is 2. The predicted molar refractivity (Wildman–Crippen MR) is 122 cm³/mol. The number of carbonyl (C=O) groups excluding carboxylic acids is 2. The molecule has 7 nitrogen and oxygen atoms in total. The van der Waals surface area contributed by atoms with E-state index in [0.29, 0.717) is 35.4 Å². The minimum absolute atomic E-state index is 0.381. The first kappa shape index (κ1) is 23.0. The fraction of sp³-hybridized carbons (Fsp3) is 0.250. The van der Waals surface area contributed by atoms with Gasteiger partial charge in [-0.15, -0.1) is 0 Å². The molecule has 0 unspecified atom stereocenters. The molecular formula is C20H21ClIN3O4. The molecule has 0 radical (unpaired) electrons. The first-order chi connectivity index (χ1) is 13.9. The van der Waals surface area contributed by atoms with Crippen LogP contribution in [-0.4, -0.2) is 31.2 Å². The Kier molecular flexibility index (Phi) is 9.20. The first-order valence-electron chi connectivity index (χ1n) is 8.90. The van der Waals surface area contributed by atoms with Crippen LogP contribution in [0.1, 0.15) is 25.8 Å². The molecule has 2 rings (SSSR count). The molecule has 0 saturated carbocycles. The maximum atomic E-state index is 12.0. The van der Waals surface area contributed by atoms with E-state index in [1.807, 2.05) is 19.9 Å². The van der Waals surface area contributed by atoms with Crippen LogP contribution in [0.15, 0.2) is 41.5 Å². The first-order valence-corrected chi connectivity index (χ1v) is 10.4. The molecule has 2 N–H and O–H groups in total. The summed E-state index contributed by atoms with van der Waals surface area (Å²) in [5, 5.41) is 6.89. The van der Waals surface area contributed by atoms with Crippen molar-refractivity contribution < 1.29 is 19.1 Å². The molecule has 0 aromatic heterocycles. The van der Waals surface area contributed by atoms with Gasteiger partial charge in [-0.3, -0.25) is 9.59 Å². The lowest BCUT2D eigenvalue weighted by Gasteiger charge is -2.13. The number of ether oxygens (including phenoxy) is 2. The van der Waals surface area contributed by atoms with E-state index >= 15 is 0 Å². The molecule has 0 spiro atoms. The Hall–Kier alpha value is -2.33. The maximum absolute atomic E-state index is 12.0. The summed E-state index contributed by atoms with van der Waals surface area (Å²) in [6.45, 7) is 4.81. The molecular weight excluding hydrogens is 509 g/mol. The monoisotopic (exact) mass is 529 g/mol. The van der Waals surface area contributed by atoms with Gasteiger partial charge >= 0.3 is 0 Å². The molecule has 154 valence electrons. The average molecular weight is 530 g/mol. The summed E-state index contributed by atoms with van der Waals surface area (Å²) in [7, 11) is 0. The van der Waals surface area contributed by atoms with Crippen molar-refractivity contribution in [2.45, 2.75) is 20.3 Å². The van der Waals surface area contributed by atoms with E-state index in [2.05, 4.69) is 38.4 Å². The smallest absolute Gasteiger partial charge is 0.249 e. The highest BCUT2D eigenvalue weighted by atomic mass is 127. The van der Waals surface area contributed by atoms with Gasteiger partial charge in [-0.05, 0) is 66.3 Å². The van der Waals surface area contributed by atoms with Crippen LogP contribution >= 0.6 is 34.2 Å². The van der Waals surface area contributed by atoms with Gasteiger partial charge in [0.15, 0.2) is 11.5 Å². The van der Waals surface area contributed by atoms with E-state index in [-0.39, 0.29) is 6.42 Å². The van der Waals surface area contributed by atoms with Crippen LogP contribution in [0.5, 0.6) is 11.5 Å². The number of para-hydroxylation sites is 1. The third-order valence-electron chi connectivity index (χ3n) is 3.49. The van der Waals surface area contributed by atoms with Crippen molar-refractivity contribution in [3.05, 3.63) is 50.6 Å². The standard InChI is InChI=1S/C20H21ClIN3O4/c1-3-28-17-10-13(9-15(22)20(17)29-4-2)12-23-25-19(27)11-18(26)24-16-8-6-5-7-14(16)21/h5-10,12H,3-4,11H2,1-2H3,(H,24,26)(H,25,27). The van der Waals surface area contributed by atoms with E-state index < -0.39 is 11.8 Å². The van der Waals surface area contributed by atoms with Crippen LogP contribution < -0.4 is 20.2 Å². The van der Waals surface area contributed by atoms with Gasteiger partial charge in [0.05, 0.1) is 33.7 Å². The molecule has 0 heterocycles. The molecule has 2 aromatic rings. The predicted octanol–water partition coefficient (Wildman–Crippen LogP) is 4.22. The Morgan fingerprint density at radius 2 is 1.86 bits per heavy atom. The molecule has 2 amide bonds. The Morgan fingerprint density at radius 1 is 1.14 bits per heavy atom. The Balaban J connectivity index is 1.95. The zero-order chi connectivity index (χ0) is 21.2. The summed E-state index contributed by atoms with van der Waals surface area (Å²) in [6, 6.07) is 10.4. The van der Waals surface area contributed by atoms with Crippen molar-refractivity contribution in [1.29, 1.82) is 0 Å². The van der Waals surface area contributed by atoms with Crippen LogP contribution in [0.3, 0.4) is 0 Å². The van der Waals surface area contributed by atoms with E-state index in [4.69, 9.17) is 21.1 Å². The van der Waals surface area contributed by atoms with Crippen LogP contribution in [-0.2, 0) is 9.59 Å². The number of benzene rings is 2. The number of hydrogen-bond acceptors (Lipinski definition) is 5. The number of hydrazone groups is 1. The summed E-state index contributed by atoms with van der Waals surface area (Å²) in [6.07, 6.45) is 1.10. The van der Waals surface area contributed by atoms with Gasteiger partial charge in [-0.25, -0.2) is 5.43 Å².